The summed E-state index contributed by atoms with van der Waals surface area (Å²) in [5.41, 5.74) is 1.41. The van der Waals surface area contributed by atoms with Crippen LogP contribution in [0, 0.1) is 0 Å². The molecule has 0 aliphatic carbocycles. The molecule has 0 saturated carbocycles. The number of fused-ring (bicyclic) bond motifs is 3. The molecule has 18 heavy (non-hydrogen) atoms. The highest BCUT2D eigenvalue weighted by Crippen LogP contribution is 2.32. The molecule has 90 valence electrons. The van der Waals surface area contributed by atoms with Crippen LogP contribution >= 0.6 is 0 Å². The number of rotatable bonds is 2. The largest absolute Gasteiger partial charge is 0.475 e. The van der Waals surface area contributed by atoms with Crippen molar-refractivity contribution in [1.82, 2.24) is 0 Å². The van der Waals surface area contributed by atoms with Crippen molar-refractivity contribution >= 4 is 27.7 Å². The number of hydrogen-bond donors (Lipinski definition) is 1. The van der Waals surface area contributed by atoms with E-state index in [0.717, 1.165) is 21.7 Å². The number of hydrogen-bond acceptors (Lipinski definition) is 2. The van der Waals surface area contributed by atoms with E-state index in [0.29, 0.717) is 12.0 Å². The highest BCUT2D eigenvalue weighted by molar-refractivity contribution is 6.10. The van der Waals surface area contributed by atoms with Crippen LogP contribution < -0.4 is 0 Å². The molecule has 1 N–H and O–H groups in total. The first-order chi connectivity index (χ1) is 8.72. The molecule has 1 heterocycles. The first-order valence-corrected chi connectivity index (χ1v) is 5.88. The molecule has 0 amide bonds. The lowest BCUT2D eigenvalue weighted by atomic mass is 10.0. The summed E-state index contributed by atoms with van der Waals surface area (Å²) in [5, 5.41) is 12.2. The highest BCUT2D eigenvalue weighted by Gasteiger charge is 2.19. The quantitative estimate of drug-likeness (QED) is 0.740. The third-order valence-corrected chi connectivity index (χ3v) is 3.23. The smallest absolute Gasteiger partial charge is 0.372 e. The Labute approximate surface area is 104 Å². The molecule has 0 spiro atoms. The second-order valence-corrected chi connectivity index (χ2v) is 4.23. The van der Waals surface area contributed by atoms with Crippen LogP contribution in [0.3, 0.4) is 0 Å². The van der Waals surface area contributed by atoms with Crippen LogP contribution in [0.1, 0.15) is 23.0 Å². The van der Waals surface area contributed by atoms with Gasteiger partial charge in [-0.25, -0.2) is 4.79 Å². The average molecular weight is 240 g/mol. The molecule has 1 aromatic heterocycles. The summed E-state index contributed by atoms with van der Waals surface area (Å²) in [5.74, 6) is -0.948. The Hall–Kier alpha value is -2.29. The molecule has 0 saturated heterocycles. The summed E-state index contributed by atoms with van der Waals surface area (Å²) in [6, 6.07) is 11.7. The molecular formula is C15H12O3. The second-order valence-electron chi connectivity index (χ2n) is 4.23. The fraction of sp³-hybridized carbons (Fsp3) is 0.133. The lowest BCUT2D eigenvalue weighted by Crippen LogP contribution is -1.97. The fourth-order valence-corrected chi connectivity index (χ4v) is 2.44. The van der Waals surface area contributed by atoms with Gasteiger partial charge in [-0.3, -0.25) is 0 Å². The van der Waals surface area contributed by atoms with Gasteiger partial charge in [0.15, 0.2) is 0 Å². The van der Waals surface area contributed by atoms with Crippen molar-refractivity contribution in [3.05, 3.63) is 47.7 Å². The number of carboxylic acids is 1. The topological polar surface area (TPSA) is 50.4 Å². The van der Waals surface area contributed by atoms with Crippen LogP contribution in [0.5, 0.6) is 0 Å². The van der Waals surface area contributed by atoms with Gasteiger partial charge in [0.1, 0.15) is 5.58 Å². The van der Waals surface area contributed by atoms with Crippen LogP contribution in [-0.4, -0.2) is 11.1 Å². The van der Waals surface area contributed by atoms with E-state index in [9.17, 15) is 9.90 Å². The highest BCUT2D eigenvalue weighted by atomic mass is 16.4. The summed E-state index contributed by atoms with van der Waals surface area (Å²) in [6.07, 6.45) is 0.642. The lowest BCUT2D eigenvalue weighted by Gasteiger charge is -2.00. The Balaban J connectivity index is 2.52. The van der Waals surface area contributed by atoms with Gasteiger partial charge in [0.2, 0.25) is 5.76 Å². The van der Waals surface area contributed by atoms with Crippen LogP contribution in [0.25, 0.3) is 21.7 Å². The van der Waals surface area contributed by atoms with Gasteiger partial charge < -0.3 is 9.52 Å². The Kier molecular flexibility index (Phi) is 2.33. The number of furan rings is 1. The van der Waals surface area contributed by atoms with Gasteiger partial charge >= 0.3 is 5.97 Å². The molecule has 0 atom stereocenters. The summed E-state index contributed by atoms with van der Waals surface area (Å²) in [7, 11) is 0. The molecule has 0 fully saturated rings. The van der Waals surface area contributed by atoms with Crippen molar-refractivity contribution in [2.75, 3.05) is 0 Å². The van der Waals surface area contributed by atoms with Gasteiger partial charge in [-0.1, -0.05) is 37.3 Å². The maximum Gasteiger partial charge on any atom is 0.372 e. The van der Waals surface area contributed by atoms with Crippen molar-refractivity contribution in [3.63, 3.8) is 0 Å². The van der Waals surface area contributed by atoms with Crippen LogP contribution in [0.2, 0.25) is 0 Å². The van der Waals surface area contributed by atoms with Crippen molar-refractivity contribution < 1.29 is 14.3 Å². The maximum atomic E-state index is 11.2. The minimum atomic E-state index is -1.01. The van der Waals surface area contributed by atoms with Crippen molar-refractivity contribution in [3.8, 4) is 0 Å². The molecular weight excluding hydrogens is 228 g/mol. The maximum absolute atomic E-state index is 11.2. The Bertz CT molecular complexity index is 753. The van der Waals surface area contributed by atoms with Gasteiger partial charge in [0.25, 0.3) is 0 Å². The van der Waals surface area contributed by atoms with Crippen molar-refractivity contribution in [2.24, 2.45) is 0 Å². The molecule has 2 aromatic carbocycles. The predicted octanol–water partition coefficient (Wildman–Crippen LogP) is 3.85. The molecule has 0 aliphatic heterocycles. The summed E-state index contributed by atoms with van der Waals surface area (Å²) >= 11 is 0. The van der Waals surface area contributed by atoms with E-state index in [2.05, 4.69) is 0 Å². The molecule has 3 nitrogen and oxygen atoms in total. The van der Waals surface area contributed by atoms with E-state index in [1.165, 1.54) is 0 Å². The van der Waals surface area contributed by atoms with E-state index < -0.39 is 5.97 Å². The van der Waals surface area contributed by atoms with E-state index in [1.807, 2.05) is 43.3 Å². The number of aryl methyl sites for hydroxylation is 1. The molecule has 0 bridgehead atoms. The Morgan fingerprint density at radius 1 is 1.22 bits per heavy atom. The lowest BCUT2D eigenvalue weighted by molar-refractivity contribution is 0.0663. The van der Waals surface area contributed by atoms with Gasteiger partial charge in [-0.2, -0.15) is 0 Å². The van der Waals surface area contributed by atoms with Gasteiger partial charge in [-0.15, -0.1) is 0 Å². The summed E-state index contributed by atoms with van der Waals surface area (Å²) in [4.78, 5) is 11.2. The third kappa shape index (κ3) is 1.40. The molecule has 3 rings (SSSR count). The zero-order valence-electron chi connectivity index (χ0n) is 9.93. The summed E-state index contributed by atoms with van der Waals surface area (Å²) < 4.78 is 5.46. The first-order valence-electron chi connectivity index (χ1n) is 5.88. The molecule has 3 aromatic rings. The number of carbonyl (C=O) groups is 1. The number of aromatic carboxylic acids is 1. The Morgan fingerprint density at radius 3 is 2.72 bits per heavy atom. The van der Waals surface area contributed by atoms with Crippen molar-refractivity contribution in [1.29, 1.82) is 0 Å². The van der Waals surface area contributed by atoms with Crippen LogP contribution in [-0.2, 0) is 6.42 Å². The zero-order valence-corrected chi connectivity index (χ0v) is 9.93. The molecule has 0 radical (unpaired) electrons. The van der Waals surface area contributed by atoms with Gasteiger partial charge in [-0.05, 0) is 23.3 Å². The SMILES string of the molecule is CCc1c(C(=O)O)oc2ccc3ccccc3c12. The number of carboxylic acid groups (broad SMARTS) is 1. The van der Waals surface area contributed by atoms with E-state index >= 15 is 0 Å². The van der Waals surface area contributed by atoms with E-state index in [1.54, 1.807) is 0 Å². The molecule has 3 heteroatoms. The second kappa shape index (κ2) is 3.88. The monoisotopic (exact) mass is 240 g/mol. The first kappa shape index (κ1) is 10.8. The third-order valence-electron chi connectivity index (χ3n) is 3.23. The standard InChI is InChI=1S/C15H12O3/c1-2-10-13-11-6-4-3-5-9(11)7-8-12(13)18-14(10)15(16)17/h3-8H,2H2,1H3,(H,16,17). The Morgan fingerprint density at radius 2 is 2.00 bits per heavy atom. The van der Waals surface area contributed by atoms with Crippen LogP contribution in [0.4, 0.5) is 0 Å². The number of benzene rings is 2. The van der Waals surface area contributed by atoms with Gasteiger partial charge in [0, 0.05) is 10.9 Å². The van der Waals surface area contributed by atoms with E-state index in [-0.39, 0.29) is 5.76 Å². The predicted molar refractivity (Wildman–Crippen MR) is 70.1 cm³/mol. The molecule has 0 aliphatic rings. The zero-order chi connectivity index (χ0) is 12.7. The van der Waals surface area contributed by atoms with Crippen molar-refractivity contribution in [2.45, 2.75) is 13.3 Å². The van der Waals surface area contributed by atoms with Gasteiger partial charge in [0.05, 0.1) is 0 Å². The normalized spacial score (nSPS) is 11.2. The van der Waals surface area contributed by atoms with Crippen LogP contribution in [0.15, 0.2) is 40.8 Å². The minimum Gasteiger partial charge on any atom is -0.475 e. The average Bonchev–Trinajstić information content (AvgIpc) is 2.77. The molecule has 0 unspecified atom stereocenters. The fourth-order valence-electron chi connectivity index (χ4n) is 2.44. The van der Waals surface area contributed by atoms with E-state index in [4.69, 9.17) is 4.42 Å². The summed E-state index contributed by atoms with van der Waals surface area (Å²) in [6.45, 7) is 1.94. The minimum absolute atomic E-state index is 0.0591.